The number of halogens is 1. The number of aromatic nitrogens is 1. The highest BCUT2D eigenvalue weighted by atomic mass is 79.9. The summed E-state index contributed by atoms with van der Waals surface area (Å²) in [6.07, 6.45) is 0. The normalized spacial score (nSPS) is 9.71. The Bertz CT molecular complexity index is 573. The number of benzene rings is 1. The van der Waals surface area contributed by atoms with Crippen LogP contribution in [0, 0.1) is 18.3 Å². The molecule has 0 fully saturated rings. The van der Waals surface area contributed by atoms with E-state index < -0.39 is 0 Å². The molecule has 0 unspecified atom stereocenters. The van der Waals surface area contributed by atoms with Gasteiger partial charge in [0, 0.05) is 10.5 Å². The van der Waals surface area contributed by atoms with Crippen LogP contribution in [0.1, 0.15) is 11.3 Å². The van der Waals surface area contributed by atoms with Gasteiger partial charge in [-0.1, -0.05) is 0 Å². The van der Waals surface area contributed by atoms with Gasteiger partial charge in [-0.2, -0.15) is 5.26 Å². The molecule has 2 aromatic rings. The summed E-state index contributed by atoms with van der Waals surface area (Å²) in [5.74, 6) is 1.20. The van der Waals surface area contributed by atoms with E-state index in [2.05, 4.69) is 27.0 Å². The Morgan fingerprint density at radius 1 is 1.18 bits per heavy atom. The molecule has 0 atom stereocenters. The number of aryl methyl sites for hydroxylation is 1. The molecule has 0 bridgehead atoms. The molecule has 0 aliphatic rings. The van der Waals surface area contributed by atoms with Crippen LogP contribution in [0.3, 0.4) is 0 Å². The minimum atomic E-state index is 0.537. The summed E-state index contributed by atoms with van der Waals surface area (Å²) >= 11 is 3.38. The van der Waals surface area contributed by atoms with Crippen molar-refractivity contribution in [1.82, 2.24) is 4.98 Å². The molecule has 1 aromatic heterocycles. The van der Waals surface area contributed by atoms with E-state index in [9.17, 15) is 0 Å². The van der Waals surface area contributed by atoms with E-state index in [1.807, 2.05) is 13.0 Å². The average Bonchev–Trinajstić information content (AvgIpc) is 2.35. The van der Waals surface area contributed by atoms with Crippen molar-refractivity contribution < 1.29 is 4.74 Å². The molecule has 0 spiro atoms. The number of rotatable bonds is 2. The average molecular weight is 289 g/mol. The van der Waals surface area contributed by atoms with Gasteiger partial charge in [0.25, 0.3) is 0 Å². The predicted octanol–water partition coefficient (Wildman–Crippen LogP) is 3.82. The quantitative estimate of drug-likeness (QED) is 0.844. The minimum absolute atomic E-state index is 0.537. The van der Waals surface area contributed by atoms with Gasteiger partial charge in [0.15, 0.2) is 0 Å². The Morgan fingerprint density at radius 2 is 1.88 bits per heavy atom. The van der Waals surface area contributed by atoms with Crippen LogP contribution in [0.25, 0.3) is 0 Å². The number of pyridine rings is 1. The fourth-order valence-electron chi connectivity index (χ4n) is 1.30. The summed E-state index contributed by atoms with van der Waals surface area (Å²) in [4.78, 5) is 4.28. The van der Waals surface area contributed by atoms with Gasteiger partial charge in [-0.15, -0.1) is 0 Å². The second-order valence-electron chi connectivity index (χ2n) is 3.45. The Balaban J connectivity index is 2.20. The molecule has 17 heavy (non-hydrogen) atoms. The van der Waals surface area contributed by atoms with Crippen molar-refractivity contribution in [3.05, 3.63) is 52.1 Å². The molecule has 1 aromatic carbocycles. The molecule has 1 heterocycles. The smallest absolute Gasteiger partial charge is 0.219 e. The van der Waals surface area contributed by atoms with Crippen molar-refractivity contribution >= 4 is 15.9 Å². The molecule has 0 aliphatic carbocycles. The van der Waals surface area contributed by atoms with Gasteiger partial charge in [0.1, 0.15) is 5.75 Å². The maximum atomic E-state index is 8.68. The zero-order valence-corrected chi connectivity index (χ0v) is 10.7. The van der Waals surface area contributed by atoms with E-state index in [0.717, 1.165) is 10.2 Å². The SMILES string of the molecule is Cc1nc(Oc2ccc(C#N)cc2)ccc1Br. The largest absolute Gasteiger partial charge is 0.439 e. The minimum Gasteiger partial charge on any atom is -0.439 e. The molecular formula is C13H9BrN2O. The zero-order chi connectivity index (χ0) is 12.3. The lowest BCUT2D eigenvalue weighted by Gasteiger charge is -2.06. The summed E-state index contributed by atoms with van der Waals surface area (Å²) in [5, 5.41) is 8.68. The summed E-state index contributed by atoms with van der Waals surface area (Å²) in [6.45, 7) is 1.90. The molecular weight excluding hydrogens is 280 g/mol. The molecule has 3 nitrogen and oxygen atoms in total. The molecule has 0 aliphatic heterocycles. The first-order chi connectivity index (χ1) is 8.19. The van der Waals surface area contributed by atoms with Gasteiger partial charge in [-0.3, -0.25) is 0 Å². The van der Waals surface area contributed by atoms with Crippen molar-refractivity contribution in [3.8, 4) is 17.7 Å². The number of nitrogens with zero attached hydrogens (tertiary/aromatic N) is 2. The van der Waals surface area contributed by atoms with Crippen molar-refractivity contribution in [2.24, 2.45) is 0 Å². The van der Waals surface area contributed by atoms with Crippen LogP contribution in [0.5, 0.6) is 11.6 Å². The van der Waals surface area contributed by atoms with Gasteiger partial charge < -0.3 is 4.74 Å². The number of ether oxygens (including phenoxy) is 1. The van der Waals surface area contributed by atoms with Crippen LogP contribution in [-0.2, 0) is 0 Å². The number of nitriles is 1. The van der Waals surface area contributed by atoms with E-state index in [1.54, 1.807) is 30.3 Å². The maximum absolute atomic E-state index is 8.68. The molecule has 2 rings (SSSR count). The lowest BCUT2D eigenvalue weighted by molar-refractivity contribution is 0.461. The van der Waals surface area contributed by atoms with Crippen LogP contribution in [0.2, 0.25) is 0 Å². The Morgan fingerprint density at radius 3 is 2.47 bits per heavy atom. The highest BCUT2D eigenvalue weighted by Crippen LogP contribution is 2.23. The zero-order valence-electron chi connectivity index (χ0n) is 9.14. The summed E-state index contributed by atoms with van der Waals surface area (Å²) < 4.78 is 6.52. The fourth-order valence-corrected chi connectivity index (χ4v) is 1.52. The van der Waals surface area contributed by atoms with Gasteiger partial charge in [0.05, 0.1) is 17.3 Å². The third kappa shape index (κ3) is 2.83. The third-order valence-electron chi connectivity index (χ3n) is 2.20. The molecule has 0 saturated heterocycles. The van der Waals surface area contributed by atoms with Crippen LogP contribution in [0.4, 0.5) is 0 Å². The second kappa shape index (κ2) is 4.98. The van der Waals surface area contributed by atoms with Crippen LogP contribution in [0.15, 0.2) is 40.9 Å². The first-order valence-electron chi connectivity index (χ1n) is 5.00. The van der Waals surface area contributed by atoms with E-state index in [0.29, 0.717) is 17.2 Å². The maximum Gasteiger partial charge on any atom is 0.219 e. The summed E-state index contributed by atoms with van der Waals surface area (Å²) in [5.41, 5.74) is 1.48. The van der Waals surface area contributed by atoms with Crippen molar-refractivity contribution in [3.63, 3.8) is 0 Å². The van der Waals surface area contributed by atoms with E-state index in [-0.39, 0.29) is 0 Å². The fraction of sp³-hybridized carbons (Fsp3) is 0.0769. The second-order valence-corrected chi connectivity index (χ2v) is 4.31. The topological polar surface area (TPSA) is 45.9 Å². The lowest BCUT2D eigenvalue weighted by Crippen LogP contribution is -1.90. The van der Waals surface area contributed by atoms with Gasteiger partial charge in [-0.05, 0) is 53.2 Å². The molecule has 0 saturated carbocycles. The van der Waals surface area contributed by atoms with Crippen LogP contribution < -0.4 is 4.74 Å². The first kappa shape index (κ1) is 11.6. The van der Waals surface area contributed by atoms with Gasteiger partial charge in [-0.25, -0.2) is 4.98 Å². The number of hydrogen-bond acceptors (Lipinski definition) is 3. The van der Waals surface area contributed by atoms with E-state index in [1.165, 1.54) is 0 Å². The van der Waals surface area contributed by atoms with Gasteiger partial charge in [0.2, 0.25) is 5.88 Å². The molecule has 0 N–H and O–H groups in total. The Kier molecular flexibility index (Phi) is 3.40. The molecule has 4 heteroatoms. The number of hydrogen-bond donors (Lipinski definition) is 0. The highest BCUT2D eigenvalue weighted by Gasteiger charge is 2.01. The summed E-state index contributed by atoms with van der Waals surface area (Å²) in [6, 6.07) is 12.6. The van der Waals surface area contributed by atoms with Crippen LogP contribution in [-0.4, -0.2) is 4.98 Å². The first-order valence-corrected chi connectivity index (χ1v) is 5.79. The van der Waals surface area contributed by atoms with E-state index >= 15 is 0 Å². The van der Waals surface area contributed by atoms with E-state index in [4.69, 9.17) is 10.00 Å². The van der Waals surface area contributed by atoms with Crippen LogP contribution >= 0.6 is 15.9 Å². The van der Waals surface area contributed by atoms with Crippen molar-refractivity contribution in [2.45, 2.75) is 6.92 Å². The monoisotopic (exact) mass is 288 g/mol. The van der Waals surface area contributed by atoms with Gasteiger partial charge >= 0.3 is 0 Å². The Hall–Kier alpha value is -1.86. The Labute approximate surface area is 108 Å². The standard InChI is InChI=1S/C13H9BrN2O/c1-9-12(14)6-7-13(16-9)17-11-4-2-10(8-15)3-5-11/h2-7H,1H3. The molecule has 0 amide bonds. The third-order valence-corrected chi connectivity index (χ3v) is 3.04. The highest BCUT2D eigenvalue weighted by molar-refractivity contribution is 9.10. The predicted molar refractivity (Wildman–Crippen MR) is 67.9 cm³/mol. The summed E-state index contributed by atoms with van der Waals surface area (Å²) in [7, 11) is 0. The molecule has 84 valence electrons. The lowest BCUT2D eigenvalue weighted by atomic mass is 10.2. The van der Waals surface area contributed by atoms with Crippen molar-refractivity contribution in [1.29, 1.82) is 5.26 Å². The molecule has 0 radical (unpaired) electrons. The van der Waals surface area contributed by atoms with Crippen molar-refractivity contribution in [2.75, 3.05) is 0 Å².